The molecular weight excluding hydrogens is 268 g/mol. The summed E-state index contributed by atoms with van der Waals surface area (Å²) in [7, 11) is 1.89. The molecule has 2 rings (SSSR count). The van der Waals surface area contributed by atoms with Gasteiger partial charge in [-0.2, -0.15) is 0 Å². The Morgan fingerprint density at radius 2 is 2.00 bits per heavy atom. The van der Waals surface area contributed by atoms with E-state index < -0.39 is 12.1 Å². The Morgan fingerprint density at radius 3 is 2.48 bits per heavy atom. The topological polar surface area (TPSA) is 67.2 Å². The number of aryl methyl sites for hydroxylation is 1. The van der Waals surface area contributed by atoms with Gasteiger partial charge in [0.25, 0.3) is 0 Å². The van der Waals surface area contributed by atoms with Crippen LogP contribution in [-0.4, -0.2) is 38.3 Å². The molecule has 2 unspecified atom stereocenters. The van der Waals surface area contributed by atoms with Gasteiger partial charge in [-0.25, -0.2) is 4.98 Å². The lowest BCUT2D eigenvalue weighted by Gasteiger charge is -2.43. The van der Waals surface area contributed by atoms with E-state index in [1.54, 1.807) is 11.1 Å². The molecule has 1 saturated heterocycles. The Hall–Kier alpha value is -1.85. The number of hydrogen-bond donors (Lipinski definition) is 1. The van der Waals surface area contributed by atoms with Crippen LogP contribution in [0.4, 0.5) is 0 Å². The van der Waals surface area contributed by atoms with Gasteiger partial charge in [0.1, 0.15) is 17.9 Å². The second-order valence-corrected chi connectivity index (χ2v) is 6.65. The third kappa shape index (κ3) is 2.94. The highest BCUT2D eigenvalue weighted by molar-refractivity contribution is 5.97. The molecule has 0 bridgehead atoms. The molecule has 1 fully saturated rings. The van der Waals surface area contributed by atoms with Crippen molar-refractivity contribution >= 4 is 11.8 Å². The molecule has 1 aromatic rings. The average molecular weight is 292 g/mol. The predicted molar refractivity (Wildman–Crippen MR) is 79.2 cm³/mol. The van der Waals surface area contributed by atoms with Gasteiger partial charge in [-0.1, -0.05) is 27.7 Å². The molecule has 2 atom stereocenters. The van der Waals surface area contributed by atoms with Crippen LogP contribution in [0.2, 0.25) is 0 Å². The lowest BCUT2D eigenvalue weighted by molar-refractivity contribution is -0.153. The quantitative estimate of drug-likeness (QED) is 0.906. The molecule has 2 amide bonds. The summed E-state index contributed by atoms with van der Waals surface area (Å²) < 4.78 is 1.87. The van der Waals surface area contributed by atoms with Gasteiger partial charge < -0.3 is 14.8 Å². The summed E-state index contributed by atoms with van der Waals surface area (Å²) >= 11 is 0. The van der Waals surface area contributed by atoms with E-state index in [2.05, 4.69) is 10.3 Å². The van der Waals surface area contributed by atoms with Crippen molar-refractivity contribution in [3.05, 3.63) is 18.2 Å². The van der Waals surface area contributed by atoms with Gasteiger partial charge >= 0.3 is 0 Å². The van der Waals surface area contributed by atoms with Crippen molar-refractivity contribution in [1.82, 2.24) is 19.8 Å². The smallest absolute Gasteiger partial charge is 0.246 e. The average Bonchev–Trinajstić information content (AvgIpc) is 2.78. The van der Waals surface area contributed by atoms with Crippen molar-refractivity contribution < 1.29 is 9.59 Å². The molecule has 6 heteroatoms. The first-order valence-electron chi connectivity index (χ1n) is 7.32. The maximum atomic E-state index is 12.8. The Bertz CT molecular complexity index is 544. The first-order valence-corrected chi connectivity index (χ1v) is 7.32. The molecule has 1 aromatic heterocycles. The summed E-state index contributed by atoms with van der Waals surface area (Å²) in [4.78, 5) is 31.0. The third-order valence-electron chi connectivity index (χ3n) is 3.98. The van der Waals surface area contributed by atoms with Crippen LogP contribution >= 0.6 is 0 Å². The lowest BCUT2D eigenvalue weighted by Crippen LogP contribution is -2.66. The fourth-order valence-corrected chi connectivity index (χ4v) is 2.64. The highest BCUT2D eigenvalue weighted by Gasteiger charge is 2.44. The number of imidazole rings is 1. The minimum absolute atomic E-state index is 0.0306. The number of nitrogens with one attached hydrogen (secondary N) is 1. The molecule has 0 radical (unpaired) electrons. The van der Waals surface area contributed by atoms with Crippen LogP contribution < -0.4 is 5.32 Å². The van der Waals surface area contributed by atoms with Crippen LogP contribution in [0.15, 0.2) is 12.4 Å². The van der Waals surface area contributed by atoms with Crippen LogP contribution in [0.5, 0.6) is 0 Å². The number of aromatic nitrogens is 2. The van der Waals surface area contributed by atoms with Gasteiger partial charge in [0, 0.05) is 19.4 Å². The first-order chi connectivity index (χ1) is 9.75. The molecular formula is C15H24N4O2. The second kappa shape index (κ2) is 5.50. The summed E-state index contributed by atoms with van der Waals surface area (Å²) in [6.45, 7) is 8.16. The molecule has 2 heterocycles. The Morgan fingerprint density at radius 1 is 1.33 bits per heavy atom. The number of carbonyl (C=O) groups is 2. The monoisotopic (exact) mass is 292 g/mol. The fourth-order valence-electron chi connectivity index (χ4n) is 2.64. The molecule has 0 saturated carbocycles. The molecule has 0 spiro atoms. The first kappa shape index (κ1) is 15.5. The van der Waals surface area contributed by atoms with Crippen LogP contribution in [0.1, 0.15) is 39.9 Å². The molecule has 116 valence electrons. The number of rotatable bonds is 3. The van der Waals surface area contributed by atoms with E-state index in [0.29, 0.717) is 13.0 Å². The van der Waals surface area contributed by atoms with Crippen LogP contribution in [0.25, 0.3) is 0 Å². The van der Waals surface area contributed by atoms with Crippen molar-refractivity contribution in [3.8, 4) is 0 Å². The maximum absolute atomic E-state index is 12.8. The molecule has 1 aliphatic heterocycles. The van der Waals surface area contributed by atoms with Gasteiger partial charge in [-0.05, 0) is 11.8 Å². The Kier molecular flexibility index (Phi) is 4.07. The lowest BCUT2D eigenvalue weighted by atomic mass is 9.83. The van der Waals surface area contributed by atoms with Crippen molar-refractivity contribution in [2.24, 2.45) is 12.5 Å². The molecule has 0 aliphatic carbocycles. The summed E-state index contributed by atoms with van der Waals surface area (Å²) in [5.74, 6) is 0.673. The largest absolute Gasteiger partial charge is 0.342 e. The van der Waals surface area contributed by atoms with E-state index in [4.69, 9.17) is 0 Å². The SMILES string of the molecule is CCC1C(=O)NC(C(C)(C)C)C(=O)N1Cc1nccn1C. The van der Waals surface area contributed by atoms with Crippen molar-refractivity contribution in [1.29, 1.82) is 0 Å². The van der Waals surface area contributed by atoms with Crippen molar-refractivity contribution in [2.45, 2.75) is 52.7 Å². The van der Waals surface area contributed by atoms with Gasteiger partial charge in [0.2, 0.25) is 11.8 Å². The number of nitrogens with zero attached hydrogens (tertiary/aromatic N) is 3. The van der Waals surface area contributed by atoms with Crippen LogP contribution in [0.3, 0.4) is 0 Å². The van der Waals surface area contributed by atoms with Crippen LogP contribution in [-0.2, 0) is 23.2 Å². The number of amides is 2. The zero-order chi connectivity index (χ0) is 15.8. The Labute approximate surface area is 125 Å². The predicted octanol–water partition coefficient (Wildman–Crippen LogP) is 1.07. The van der Waals surface area contributed by atoms with Crippen LogP contribution in [0, 0.1) is 5.41 Å². The highest BCUT2D eigenvalue weighted by atomic mass is 16.2. The van der Waals surface area contributed by atoms with Gasteiger partial charge in [0.05, 0.1) is 6.54 Å². The Balaban J connectivity index is 2.31. The number of carbonyl (C=O) groups excluding carboxylic acids is 2. The maximum Gasteiger partial charge on any atom is 0.246 e. The van der Waals surface area contributed by atoms with E-state index in [1.165, 1.54) is 0 Å². The van der Waals surface area contributed by atoms with E-state index in [-0.39, 0.29) is 17.2 Å². The minimum atomic E-state index is -0.493. The van der Waals surface area contributed by atoms with E-state index in [0.717, 1.165) is 5.82 Å². The molecule has 0 aromatic carbocycles. The molecule has 6 nitrogen and oxygen atoms in total. The minimum Gasteiger partial charge on any atom is -0.342 e. The summed E-state index contributed by atoms with van der Waals surface area (Å²) in [6, 6.07) is -0.916. The summed E-state index contributed by atoms with van der Waals surface area (Å²) in [6.07, 6.45) is 4.14. The normalized spacial score (nSPS) is 23.4. The summed E-state index contributed by atoms with van der Waals surface area (Å²) in [5.41, 5.74) is -0.314. The zero-order valence-electron chi connectivity index (χ0n) is 13.4. The van der Waals surface area contributed by atoms with Gasteiger partial charge in [-0.3, -0.25) is 9.59 Å². The van der Waals surface area contributed by atoms with Crippen molar-refractivity contribution in [3.63, 3.8) is 0 Å². The van der Waals surface area contributed by atoms with Gasteiger partial charge in [-0.15, -0.1) is 0 Å². The number of hydrogen-bond acceptors (Lipinski definition) is 3. The standard InChI is InChI=1S/C15H24N4O2/c1-6-10-13(20)17-12(15(2,3)4)14(21)19(10)9-11-16-7-8-18(11)5/h7-8,10,12H,6,9H2,1-5H3,(H,17,20). The zero-order valence-corrected chi connectivity index (χ0v) is 13.4. The summed E-state index contributed by atoms with van der Waals surface area (Å²) in [5, 5.41) is 2.87. The molecule has 21 heavy (non-hydrogen) atoms. The van der Waals surface area contributed by atoms with Gasteiger partial charge in [0.15, 0.2) is 0 Å². The molecule has 1 N–H and O–H groups in total. The highest BCUT2D eigenvalue weighted by Crippen LogP contribution is 2.26. The van der Waals surface area contributed by atoms with E-state index >= 15 is 0 Å². The fraction of sp³-hybridized carbons (Fsp3) is 0.667. The van der Waals surface area contributed by atoms with Crippen molar-refractivity contribution in [2.75, 3.05) is 0 Å². The number of piperazine rings is 1. The van der Waals surface area contributed by atoms with E-state index in [9.17, 15) is 9.59 Å². The third-order valence-corrected chi connectivity index (χ3v) is 3.98. The second-order valence-electron chi connectivity index (χ2n) is 6.65. The van der Waals surface area contributed by atoms with E-state index in [1.807, 2.05) is 45.5 Å². The molecule has 1 aliphatic rings.